The van der Waals surface area contributed by atoms with Gasteiger partial charge in [-0.2, -0.15) is 0 Å². The zero-order valence-electron chi connectivity index (χ0n) is 13.6. The molecular formula is C19H24N2O2. The highest BCUT2D eigenvalue weighted by atomic mass is 16.5. The molecular weight excluding hydrogens is 288 g/mol. The topological polar surface area (TPSA) is 43.4 Å². The number of ether oxygens (including phenoxy) is 2. The fraction of sp³-hybridized carbons (Fsp3) is 0.421. The largest absolute Gasteiger partial charge is 0.456 e. The number of rotatable bonds is 6. The molecule has 3 rings (SSSR count). The maximum Gasteiger partial charge on any atom is 0.145 e. The number of nitrogens with zero attached hydrogens (tertiary/aromatic N) is 1. The van der Waals surface area contributed by atoms with Gasteiger partial charge in [-0.25, -0.2) is 0 Å². The highest BCUT2D eigenvalue weighted by Crippen LogP contribution is 2.28. The lowest BCUT2D eigenvalue weighted by atomic mass is 9.86. The molecule has 4 heteroatoms. The Labute approximate surface area is 137 Å². The van der Waals surface area contributed by atoms with E-state index in [0.717, 1.165) is 29.7 Å². The van der Waals surface area contributed by atoms with Crippen LogP contribution in [0.4, 0.5) is 5.69 Å². The van der Waals surface area contributed by atoms with E-state index in [1.165, 1.54) is 25.7 Å². The molecule has 0 radical (unpaired) electrons. The molecule has 23 heavy (non-hydrogen) atoms. The van der Waals surface area contributed by atoms with Gasteiger partial charge in [0, 0.05) is 31.6 Å². The van der Waals surface area contributed by atoms with Gasteiger partial charge in [0.2, 0.25) is 0 Å². The van der Waals surface area contributed by atoms with Crippen molar-refractivity contribution in [3.8, 4) is 11.5 Å². The number of aromatic nitrogens is 1. The monoisotopic (exact) mass is 312 g/mol. The molecule has 1 aromatic carbocycles. The van der Waals surface area contributed by atoms with Gasteiger partial charge in [-0.15, -0.1) is 0 Å². The minimum atomic E-state index is 0.563. The molecule has 1 N–H and O–H groups in total. The fourth-order valence-corrected chi connectivity index (χ4v) is 3.11. The van der Waals surface area contributed by atoms with E-state index >= 15 is 0 Å². The molecule has 122 valence electrons. The summed E-state index contributed by atoms with van der Waals surface area (Å²) in [6.45, 7) is 0.896. The van der Waals surface area contributed by atoms with Crippen LogP contribution in [0.25, 0.3) is 0 Å². The molecule has 2 aromatic rings. The van der Waals surface area contributed by atoms with E-state index in [1.807, 2.05) is 24.3 Å². The number of hydrogen-bond acceptors (Lipinski definition) is 4. The molecule has 1 aromatic heterocycles. The molecule has 0 spiro atoms. The Morgan fingerprint density at radius 3 is 2.48 bits per heavy atom. The van der Waals surface area contributed by atoms with Crippen LogP contribution in [0.3, 0.4) is 0 Å². The van der Waals surface area contributed by atoms with E-state index in [0.29, 0.717) is 6.04 Å². The van der Waals surface area contributed by atoms with Crippen molar-refractivity contribution in [3.63, 3.8) is 0 Å². The quantitative estimate of drug-likeness (QED) is 0.853. The zero-order chi connectivity index (χ0) is 15.9. The molecule has 0 atom stereocenters. The van der Waals surface area contributed by atoms with Gasteiger partial charge >= 0.3 is 0 Å². The first-order valence-corrected chi connectivity index (χ1v) is 8.27. The second-order valence-corrected chi connectivity index (χ2v) is 6.13. The van der Waals surface area contributed by atoms with Crippen LogP contribution in [0.2, 0.25) is 0 Å². The summed E-state index contributed by atoms with van der Waals surface area (Å²) in [4.78, 5) is 4.05. The van der Waals surface area contributed by atoms with Crippen molar-refractivity contribution in [1.29, 1.82) is 0 Å². The van der Waals surface area contributed by atoms with Crippen LogP contribution >= 0.6 is 0 Å². The minimum Gasteiger partial charge on any atom is -0.456 e. The van der Waals surface area contributed by atoms with Crippen LogP contribution in [0.5, 0.6) is 11.5 Å². The lowest BCUT2D eigenvalue weighted by Gasteiger charge is -2.29. The van der Waals surface area contributed by atoms with Crippen molar-refractivity contribution in [1.82, 2.24) is 4.98 Å². The summed E-state index contributed by atoms with van der Waals surface area (Å²) >= 11 is 0. The highest BCUT2D eigenvalue weighted by Gasteiger charge is 2.20. The van der Waals surface area contributed by atoms with Crippen molar-refractivity contribution in [2.75, 3.05) is 19.0 Å². The summed E-state index contributed by atoms with van der Waals surface area (Å²) in [6, 6.07) is 12.5. The Morgan fingerprint density at radius 2 is 1.83 bits per heavy atom. The number of nitrogens with one attached hydrogen (secondary N) is 1. The Bertz CT molecular complexity index is 578. The Hall–Kier alpha value is -2.07. The third kappa shape index (κ3) is 4.70. The van der Waals surface area contributed by atoms with E-state index in [-0.39, 0.29) is 0 Å². The summed E-state index contributed by atoms with van der Waals surface area (Å²) < 4.78 is 11.0. The van der Waals surface area contributed by atoms with Gasteiger partial charge in [0.25, 0.3) is 0 Å². The Morgan fingerprint density at radius 1 is 1.04 bits per heavy atom. The first-order chi connectivity index (χ1) is 11.3. The smallest absolute Gasteiger partial charge is 0.145 e. The van der Waals surface area contributed by atoms with Gasteiger partial charge in [0.15, 0.2) is 0 Å². The van der Waals surface area contributed by atoms with Crippen LogP contribution in [0.15, 0.2) is 48.8 Å². The third-order valence-corrected chi connectivity index (χ3v) is 4.34. The summed E-state index contributed by atoms with van der Waals surface area (Å²) in [5.41, 5.74) is 1.15. The lowest BCUT2D eigenvalue weighted by Crippen LogP contribution is -2.27. The normalized spacial score (nSPS) is 20.9. The summed E-state index contributed by atoms with van der Waals surface area (Å²) in [5, 5.41) is 3.63. The summed E-state index contributed by atoms with van der Waals surface area (Å²) in [6.07, 6.45) is 8.36. The van der Waals surface area contributed by atoms with Crippen molar-refractivity contribution >= 4 is 5.69 Å². The second kappa shape index (κ2) is 7.97. The van der Waals surface area contributed by atoms with Crippen LogP contribution in [-0.2, 0) is 4.74 Å². The van der Waals surface area contributed by atoms with E-state index in [1.54, 1.807) is 19.5 Å². The molecule has 1 aliphatic carbocycles. The molecule has 1 saturated carbocycles. The lowest BCUT2D eigenvalue weighted by molar-refractivity contribution is 0.129. The molecule has 1 fully saturated rings. The average molecular weight is 312 g/mol. The van der Waals surface area contributed by atoms with E-state index < -0.39 is 0 Å². The zero-order valence-corrected chi connectivity index (χ0v) is 13.6. The SMILES string of the molecule is COCC1CCC(Nc2ccc(Oc3cccnc3)cc2)CC1. The standard InChI is InChI=1S/C19H24N2O2/c1-22-14-15-4-6-16(7-5-15)21-17-8-10-18(11-9-17)23-19-3-2-12-20-13-19/h2-3,8-13,15-16,21H,4-7,14H2,1H3. The van der Waals surface area contributed by atoms with Crippen LogP contribution in [0.1, 0.15) is 25.7 Å². The van der Waals surface area contributed by atoms with E-state index in [2.05, 4.69) is 22.4 Å². The van der Waals surface area contributed by atoms with Gasteiger partial charge in [-0.3, -0.25) is 4.98 Å². The number of hydrogen-bond donors (Lipinski definition) is 1. The van der Waals surface area contributed by atoms with Gasteiger partial charge < -0.3 is 14.8 Å². The molecule has 0 unspecified atom stereocenters. The second-order valence-electron chi connectivity index (χ2n) is 6.13. The Kier molecular flexibility index (Phi) is 5.48. The molecule has 1 heterocycles. The van der Waals surface area contributed by atoms with Crippen molar-refractivity contribution < 1.29 is 9.47 Å². The maximum atomic E-state index is 5.76. The van der Waals surface area contributed by atoms with Crippen LogP contribution in [-0.4, -0.2) is 24.7 Å². The molecule has 1 aliphatic rings. The first-order valence-electron chi connectivity index (χ1n) is 8.27. The van der Waals surface area contributed by atoms with Gasteiger partial charge in [0.1, 0.15) is 11.5 Å². The number of anilines is 1. The van der Waals surface area contributed by atoms with Crippen molar-refractivity contribution in [2.24, 2.45) is 5.92 Å². The predicted molar refractivity (Wildman–Crippen MR) is 92.0 cm³/mol. The summed E-state index contributed by atoms with van der Waals surface area (Å²) in [5.74, 6) is 2.31. The van der Waals surface area contributed by atoms with Crippen molar-refractivity contribution in [2.45, 2.75) is 31.7 Å². The van der Waals surface area contributed by atoms with Crippen LogP contribution in [0, 0.1) is 5.92 Å². The Balaban J connectivity index is 1.50. The molecule has 4 nitrogen and oxygen atoms in total. The van der Waals surface area contributed by atoms with Crippen molar-refractivity contribution in [3.05, 3.63) is 48.8 Å². The fourth-order valence-electron chi connectivity index (χ4n) is 3.11. The third-order valence-electron chi connectivity index (χ3n) is 4.34. The van der Waals surface area contributed by atoms with E-state index in [9.17, 15) is 0 Å². The summed E-state index contributed by atoms with van der Waals surface area (Å²) in [7, 11) is 1.79. The maximum absolute atomic E-state index is 5.76. The number of methoxy groups -OCH3 is 1. The van der Waals surface area contributed by atoms with Crippen LogP contribution < -0.4 is 10.1 Å². The molecule has 0 saturated heterocycles. The van der Waals surface area contributed by atoms with Gasteiger partial charge in [-0.05, 0) is 68.0 Å². The highest BCUT2D eigenvalue weighted by molar-refractivity contribution is 5.47. The molecule has 0 bridgehead atoms. The minimum absolute atomic E-state index is 0.563. The predicted octanol–water partition coefficient (Wildman–Crippen LogP) is 4.49. The first kappa shape index (κ1) is 15.8. The number of benzene rings is 1. The van der Waals surface area contributed by atoms with Gasteiger partial charge in [0.05, 0.1) is 6.20 Å². The molecule has 0 aliphatic heterocycles. The van der Waals surface area contributed by atoms with E-state index in [4.69, 9.17) is 9.47 Å². The van der Waals surface area contributed by atoms with Gasteiger partial charge in [-0.1, -0.05) is 0 Å². The average Bonchev–Trinajstić information content (AvgIpc) is 2.60. The number of pyridine rings is 1. The molecule has 0 amide bonds.